The van der Waals surface area contributed by atoms with Crippen molar-refractivity contribution in [1.82, 2.24) is 0 Å². The molecule has 76 heavy (non-hydrogen) atoms. The maximum atomic E-state index is 14.0. The van der Waals surface area contributed by atoms with Crippen LogP contribution in [0.2, 0.25) is 0 Å². The second-order valence-electron chi connectivity index (χ2n) is 18.1. The number of hydrogen-bond acceptors (Lipinski definition) is 12. The van der Waals surface area contributed by atoms with Gasteiger partial charge >= 0.3 is 23.9 Å². The first-order valence-corrected chi connectivity index (χ1v) is 24.4. The molecule has 0 saturated carbocycles. The van der Waals surface area contributed by atoms with Gasteiger partial charge in [-0.15, -0.1) is 0 Å². The third-order valence-electron chi connectivity index (χ3n) is 13.7. The van der Waals surface area contributed by atoms with Crippen molar-refractivity contribution in [2.75, 3.05) is 28.4 Å². The second kappa shape index (κ2) is 20.7. The largest absolute Gasteiger partial charge is 0.496 e. The van der Waals surface area contributed by atoms with Gasteiger partial charge in [-0.25, -0.2) is 19.2 Å². The summed E-state index contributed by atoms with van der Waals surface area (Å²) < 4.78 is 49.1. The molecule has 0 fully saturated rings. The van der Waals surface area contributed by atoms with Crippen LogP contribution in [-0.2, 0) is 45.4 Å². The maximum absolute atomic E-state index is 14.0. The summed E-state index contributed by atoms with van der Waals surface area (Å²) in [6.45, 7) is -0.811. The summed E-state index contributed by atoms with van der Waals surface area (Å²) in [6.07, 6.45) is 0. The van der Waals surface area contributed by atoms with Crippen molar-refractivity contribution in [2.24, 2.45) is 0 Å². The van der Waals surface area contributed by atoms with Gasteiger partial charge in [-0.1, -0.05) is 109 Å². The van der Waals surface area contributed by atoms with Crippen LogP contribution >= 0.6 is 0 Å². The third-order valence-corrected chi connectivity index (χ3v) is 13.7. The van der Waals surface area contributed by atoms with Crippen LogP contribution in [0.15, 0.2) is 170 Å². The molecular formula is C64H48O12. The molecule has 0 aliphatic carbocycles. The van der Waals surface area contributed by atoms with Gasteiger partial charge in [0.2, 0.25) is 0 Å². The number of rotatable bonds is 4. The molecule has 12 nitrogen and oxygen atoms in total. The fourth-order valence-corrected chi connectivity index (χ4v) is 10.4. The van der Waals surface area contributed by atoms with Crippen LogP contribution in [0.4, 0.5) is 0 Å². The molecule has 0 unspecified atom stereocenters. The highest BCUT2D eigenvalue weighted by atomic mass is 16.5. The Morgan fingerprint density at radius 2 is 0.513 bits per heavy atom. The first-order valence-electron chi connectivity index (χ1n) is 24.4. The zero-order valence-corrected chi connectivity index (χ0v) is 41.9. The minimum atomic E-state index is -0.678. The number of fused-ring (bicyclic) bond motifs is 22. The highest BCUT2D eigenvalue weighted by Crippen LogP contribution is 2.50. The first kappa shape index (κ1) is 48.6. The highest BCUT2D eigenvalue weighted by Gasteiger charge is 2.28. The summed E-state index contributed by atoms with van der Waals surface area (Å²) >= 11 is 0. The van der Waals surface area contributed by atoms with E-state index in [0.717, 1.165) is 43.1 Å². The third kappa shape index (κ3) is 8.89. The van der Waals surface area contributed by atoms with Gasteiger partial charge in [-0.05, 0) is 104 Å². The highest BCUT2D eigenvalue weighted by molar-refractivity contribution is 6.12. The van der Waals surface area contributed by atoms with Crippen molar-refractivity contribution in [2.45, 2.75) is 26.4 Å². The molecule has 0 amide bonds. The summed E-state index contributed by atoms with van der Waals surface area (Å²) in [5, 5.41) is 6.62. The summed E-state index contributed by atoms with van der Waals surface area (Å²) in [4.78, 5) is 56.1. The monoisotopic (exact) mass is 1010 g/mol. The van der Waals surface area contributed by atoms with Gasteiger partial charge in [0.15, 0.2) is 0 Å². The molecule has 1 aliphatic heterocycles. The van der Waals surface area contributed by atoms with Crippen molar-refractivity contribution >= 4 is 67.0 Å². The Hall–Kier alpha value is -9.68. The van der Waals surface area contributed by atoms with Gasteiger partial charge in [-0.3, -0.25) is 0 Å². The number of ether oxygens (including phenoxy) is 8. The zero-order chi connectivity index (χ0) is 52.5. The molecule has 0 radical (unpaired) electrons. The number of methoxy groups -OCH3 is 4. The van der Waals surface area contributed by atoms with Gasteiger partial charge in [0.1, 0.15) is 49.4 Å². The summed E-state index contributed by atoms with van der Waals surface area (Å²) in [6, 6.07) is 51.1. The van der Waals surface area contributed by atoms with Crippen molar-refractivity contribution in [1.29, 1.82) is 0 Å². The zero-order valence-electron chi connectivity index (χ0n) is 41.9. The second-order valence-corrected chi connectivity index (χ2v) is 18.1. The van der Waals surface area contributed by atoms with Crippen LogP contribution < -0.4 is 18.9 Å². The van der Waals surface area contributed by atoms with Crippen molar-refractivity contribution in [3.63, 3.8) is 0 Å². The Bertz CT molecular complexity index is 3480. The van der Waals surface area contributed by atoms with Crippen LogP contribution in [0.1, 0.15) is 63.7 Å². The quantitative estimate of drug-likeness (QED) is 0.122. The predicted octanol–water partition coefficient (Wildman–Crippen LogP) is 13.4. The van der Waals surface area contributed by atoms with E-state index in [-0.39, 0.29) is 48.7 Å². The van der Waals surface area contributed by atoms with E-state index >= 15 is 0 Å². The molecular weight excluding hydrogens is 961 g/mol. The van der Waals surface area contributed by atoms with Gasteiger partial charge in [-0.2, -0.15) is 0 Å². The Morgan fingerprint density at radius 3 is 0.737 bits per heavy atom. The molecule has 0 spiro atoms. The topological polar surface area (TPSA) is 142 Å². The lowest BCUT2D eigenvalue weighted by Crippen LogP contribution is -2.11. The van der Waals surface area contributed by atoms with E-state index < -0.39 is 23.9 Å². The molecule has 12 bridgehead atoms. The normalized spacial score (nSPS) is 13.3. The average molecular weight is 1010 g/mol. The van der Waals surface area contributed by atoms with E-state index in [1.807, 2.05) is 121 Å². The van der Waals surface area contributed by atoms with Crippen LogP contribution in [0.3, 0.4) is 0 Å². The molecule has 1 heterocycles. The van der Waals surface area contributed by atoms with Crippen molar-refractivity contribution < 1.29 is 57.1 Å². The van der Waals surface area contributed by atoms with E-state index in [1.165, 1.54) is 12.1 Å². The maximum Gasteiger partial charge on any atom is 0.338 e. The molecule has 376 valence electrons. The number of carbonyl (C=O) groups excluding carboxylic acids is 4. The SMILES string of the molecule is COc1c2cc3ccccc3c1-c1c(OC)c(cc3ccccc13)COC(=O)c1cccc(c1)C(=O)OCc1cc3ccccc3c(c1OC)-c1c(OC)c(cc3ccccc13)COC(=O)c1cccc(c1)C(=O)OC2. The summed E-state index contributed by atoms with van der Waals surface area (Å²) in [5.74, 6) is -1.01. The van der Waals surface area contributed by atoms with Crippen LogP contribution in [0, 0.1) is 0 Å². The minimum absolute atomic E-state index is 0.130. The molecule has 0 aromatic heterocycles. The lowest BCUT2D eigenvalue weighted by Gasteiger charge is -2.22. The summed E-state index contributed by atoms with van der Waals surface area (Å²) in [7, 11) is 6.20. The number of carbonyl (C=O) groups is 4. The minimum Gasteiger partial charge on any atom is -0.496 e. The first-order chi connectivity index (χ1) is 37.2. The average Bonchev–Trinajstić information content (AvgIpc) is 3.50. The molecule has 0 atom stereocenters. The number of benzene rings is 10. The van der Waals surface area contributed by atoms with E-state index in [0.29, 0.717) is 67.5 Å². The van der Waals surface area contributed by atoms with Gasteiger partial charge < -0.3 is 37.9 Å². The Balaban J connectivity index is 1.06. The van der Waals surface area contributed by atoms with Crippen molar-refractivity contribution in [3.8, 4) is 45.3 Å². The fraction of sp³-hybridized carbons (Fsp3) is 0.125. The number of hydrogen-bond donors (Lipinski definition) is 0. The molecule has 0 saturated heterocycles. The van der Waals surface area contributed by atoms with E-state index in [9.17, 15) is 19.2 Å². The number of cyclic esters (lactones) is 4. The Morgan fingerprint density at radius 1 is 0.289 bits per heavy atom. The van der Waals surface area contributed by atoms with Crippen molar-refractivity contribution in [3.05, 3.63) is 214 Å². The van der Waals surface area contributed by atoms with E-state index in [1.54, 1.807) is 64.8 Å². The fourth-order valence-electron chi connectivity index (χ4n) is 10.4. The predicted molar refractivity (Wildman–Crippen MR) is 289 cm³/mol. The standard InChI is InChI=1S/C64H48O12/c1-69-57-45-27-37-15-5-9-23-49(37)53(57)54-50-24-10-6-16-38(50)28-46(58(54)70-2)34-74-62(66)43-21-14-22-44(32-43)64(68)76-36-48-30-40-18-8-12-26-52(40)56(60(48)72-4)55-51-25-11-7-17-39(51)29-47(59(55)71-3)35-75-63(67)42-20-13-19-41(31-42)61(65)73-33-45/h5-32H,33-36H2,1-4H3. The lowest BCUT2D eigenvalue weighted by atomic mass is 9.89. The van der Waals surface area contributed by atoms with Crippen LogP contribution in [0.5, 0.6) is 23.0 Å². The molecule has 1 aliphatic rings. The molecule has 10 aromatic rings. The van der Waals surface area contributed by atoms with E-state index in [2.05, 4.69) is 0 Å². The van der Waals surface area contributed by atoms with Gasteiger partial charge in [0.25, 0.3) is 0 Å². The summed E-state index contributed by atoms with van der Waals surface area (Å²) in [5.41, 5.74) is 5.40. The van der Waals surface area contributed by atoms with Crippen LogP contribution in [0.25, 0.3) is 65.3 Å². The Kier molecular flexibility index (Phi) is 13.2. The molecule has 0 N–H and O–H groups in total. The van der Waals surface area contributed by atoms with Gasteiger partial charge in [0.05, 0.1) is 50.7 Å². The Labute approximate surface area is 436 Å². The lowest BCUT2D eigenvalue weighted by molar-refractivity contribution is 0.0450. The number of esters is 4. The van der Waals surface area contributed by atoms with Crippen LogP contribution in [-0.4, -0.2) is 52.3 Å². The smallest absolute Gasteiger partial charge is 0.338 e. The molecule has 11 rings (SSSR count). The van der Waals surface area contributed by atoms with Gasteiger partial charge in [0, 0.05) is 44.5 Å². The van der Waals surface area contributed by atoms with E-state index in [4.69, 9.17) is 37.9 Å². The molecule has 10 aromatic carbocycles. The molecule has 12 heteroatoms.